The summed E-state index contributed by atoms with van der Waals surface area (Å²) in [6.07, 6.45) is 7.69. The van der Waals surface area contributed by atoms with Crippen molar-refractivity contribution in [2.45, 2.75) is 20.5 Å². The molecule has 0 spiro atoms. The Labute approximate surface area is 96.0 Å². The van der Waals surface area contributed by atoms with Crippen molar-refractivity contribution in [3.8, 4) is 0 Å². The van der Waals surface area contributed by atoms with Gasteiger partial charge < -0.3 is 4.74 Å². The summed E-state index contributed by atoms with van der Waals surface area (Å²) < 4.78 is 5.66. The lowest BCUT2D eigenvalue weighted by Gasteiger charge is -2.20. The quantitative estimate of drug-likeness (QED) is 0.751. The molecule has 0 N–H and O–H groups in total. The molecule has 2 nitrogen and oxygen atoms in total. The van der Waals surface area contributed by atoms with Crippen LogP contribution < -0.4 is 0 Å². The molecular formula is C14H15NO. The first-order chi connectivity index (χ1) is 7.76. The third-order valence-electron chi connectivity index (χ3n) is 2.58. The van der Waals surface area contributed by atoms with E-state index in [0.29, 0.717) is 6.61 Å². The number of ether oxygens (including phenoxy) is 1. The Bertz CT molecular complexity index is 484. The smallest absolute Gasteiger partial charge is 0.127 e. The Morgan fingerprint density at radius 3 is 3.00 bits per heavy atom. The number of aryl methyl sites for hydroxylation is 1. The normalized spacial score (nSPS) is 14.9. The number of allylic oxidation sites excluding steroid dienone is 4. The number of hydrogen-bond donors (Lipinski definition) is 0. The van der Waals surface area contributed by atoms with E-state index < -0.39 is 0 Å². The van der Waals surface area contributed by atoms with Crippen LogP contribution in [0.3, 0.4) is 0 Å². The molecule has 1 aliphatic rings. The van der Waals surface area contributed by atoms with Crippen molar-refractivity contribution >= 4 is 5.57 Å². The largest absolute Gasteiger partial charge is 0.488 e. The first kappa shape index (κ1) is 10.7. The predicted octanol–water partition coefficient (Wildman–Crippen LogP) is 3.39. The highest BCUT2D eigenvalue weighted by molar-refractivity contribution is 5.79. The van der Waals surface area contributed by atoms with E-state index in [0.717, 1.165) is 22.6 Å². The van der Waals surface area contributed by atoms with Crippen molar-refractivity contribution in [1.29, 1.82) is 0 Å². The molecule has 0 bridgehead atoms. The fraction of sp³-hybridized carbons (Fsp3) is 0.214. The number of fused-ring (bicyclic) bond motifs is 1. The molecule has 0 unspecified atom stereocenters. The minimum Gasteiger partial charge on any atom is -0.488 e. The molecule has 0 aromatic carbocycles. The van der Waals surface area contributed by atoms with Gasteiger partial charge in [-0.2, -0.15) is 0 Å². The van der Waals surface area contributed by atoms with Crippen molar-refractivity contribution in [1.82, 2.24) is 4.98 Å². The Morgan fingerprint density at radius 2 is 2.31 bits per heavy atom. The molecule has 2 rings (SSSR count). The van der Waals surface area contributed by atoms with E-state index in [-0.39, 0.29) is 0 Å². The maximum atomic E-state index is 5.66. The van der Waals surface area contributed by atoms with Gasteiger partial charge in [-0.3, -0.25) is 4.98 Å². The maximum absolute atomic E-state index is 5.66. The summed E-state index contributed by atoms with van der Waals surface area (Å²) in [7, 11) is 0. The van der Waals surface area contributed by atoms with E-state index in [9.17, 15) is 0 Å². The molecule has 0 amide bonds. The summed E-state index contributed by atoms with van der Waals surface area (Å²) in [4.78, 5) is 4.34. The van der Waals surface area contributed by atoms with Crippen molar-refractivity contribution < 1.29 is 4.74 Å². The molecule has 0 radical (unpaired) electrons. The van der Waals surface area contributed by atoms with Crippen molar-refractivity contribution in [3.63, 3.8) is 0 Å². The van der Waals surface area contributed by atoms with Gasteiger partial charge in [0.05, 0.1) is 0 Å². The SMILES string of the molecule is C=CC1=C(/C=C\C)c2cnc(C)cc2CO1. The zero-order valence-electron chi connectivity index (χ0n) is 9.66. The second-order valence-electron chi connectivity index (χ2n) is 3.75. The van der Waals surface area contributed by atoms with Gasteiger partial charge >= 0.3 is 0 Å². The van der Waals surface area contributed by atoms with Gasteiger partial charge in [0.25, 0.3) is 0 Å². The van der Waals surface area contributed by atoms with Gasteiger partial charge in [-0.15, -0.1) is 0 Å². The number of aromatic nitrogens is 1. The predicted molar refractivity (Wildman–Crippen MR) is 65.7 cm³/mol. The van der Waals surface area contributed by atoms with Gasteiger partial charge in [0, 0.05) is 28.6 Å². The third kappa shape index (κ3) is 1.78. The number of rotatable bonds is 2. The van der Waals surface area contributed by atoms with Crippen molar-refractivity contribution in [2.24, 2.45) is 0 Å². The lowest BCUT2D eigenvalue weighted by atomic mass is 9.98. The molecule has 1 aromatic rings. The molecule has 2 heteroatoms. The minimum absolute atomic E-state index is 0.598. The summed E-state index contributed by atoms with van der Waals surface area (Å²) in [6.45, 7) is 8.35. The highest BCUT2D eigenvalue weighted by Gasteiger charge is 2.16. The van der Waals surface area contributed by atoms with Crippen LogP contribution in [0.2, 0.25) is 0 Å². The van der Waals surface area contributed by atoms with Gasteiger partial charge in [0.2, 0.25) is 0 Å². The van der Waals surface area contributed by atoms with Crippen molar-refractivity contribution in [3.05, 3.63) is 59.7 Å². The molecule has 2 heterocycles. The summed E-state index contributed by atoms with van der Waals surface area (Å²) in [5.41, 5.74) is 4.41. The summed E-state index contributed by atoms with van der Waals surface area (Å²) in [5.74, 6) is 0.830. The van der Waals surface area contributed by atoms with Gasteiger partial charge in [-0.05, 0) is 26.0 Å². The zero-order valence-corrected chi connectivity index (χ0v) is 9.66. The van der Waals surface area contributed by atoms with Crippen LogP contribution in [-0.4, -0.2) is 4.98 Å². The average molecular weight is 213 g/mol. The first-order valence-electron chi connectivity index (χ1n) is 5.34. The zero-order chi connectivity index (χ0) is 11.5. The molecule has 82 valence electrons. The molecule has 1 aliphatic heterocycles. The summed E-state index contributed by atoms with van der Waals surface area (Å²) in [5, 5.41) is 0. The fourth-order valence-corrected chi connectivity index (χ4v) is 1.85. The van der Waals surface area contributed by atoms with Crippen LogP contribution in [0, 0.1) is 6.92 Å². The van der Waals surface area contributed by atoms with E-state index in [1.807, 2.05) is 32.2 Å². The van der Waals surface area contributed by atoms with Crippen LogP contribution in [-0.2, 0) is 11.3 Å². The Hall–Kier alpha value is -1.83. The summed E-state index contributed by atoms with van der Waals surface area (Å²) in [6, 6.07) is 2.07. The molecule has 0 aliphatic carbocycles. The Balaban J connectivity index is 2.60. The lowest BCUT2D eigenvalue weighted by molar-refractivity contribution is 0.208. The number of hydrogen-bond acceptors (Lipinski definition) is 2. The second-order valence-corrected chi connectivity index (χ2v) is 3.75. The van der Waals surface area contributed by atoms with Crippen LogP contribution in [0.5, 0.6) is 0 Å². The Kier molecular flexibility index (Phi) is 2.91. The molecule has 1 aromatic heterocycles. The van der Waals surface area contributed by atoms with Crippen LogP contribution in [0.4, 0.5) is 0 Å². The standard InChI is InChI=1S/C14H15NO/c1-4-6-12-13-8-15-10(3)7-11(13)9-16-14(12)5-2/h4-8H,2,9H2,1,3H3/b6-4-. The number of pyridine rings is 1. The van der Waals surface area contributed by atoms with E-state index in [2.05, 4.69) is 17.6 Å². The summed E-state index contributed by atoms with van der Waals surface area (Å²) >= 11 is 0. The van der Waals surface area contributed by atoms with Gasteiger partial charge in [0.15, 0.2) is 0 Å². The third-order valence-corrected chi connectivity index (χ3v) is 2.58. The number of nitrogens with zero attached hydrogens (tertiary/aromatic N) is 1. The van der Waals surface area contributed by atoms with E-state index in [1.54, 1.807) is 6.08 Å². The monoisotopic (exact) mass is 213 g/mol. The molecule has 0 atom stereocenters. The Morgan fingerprint density at radius 1 is 1.50 bits per heavy atom. The first-order valence-corrected chi connectivity index (χ1v) is 5.34. The van der Waals surface area contributed by atoms with E-state index in [4.69, 9.17) is 4.74 Å². The van der Waals surface area contributed by atoms with Gasteiger partial charge in [0.1, 0.15) is 12.4 Å². The van der Waals surface area contributed by atoms with Crippen molar-refractivity contribution in [2.75, 3.05) is 0 Å². The van der Waals surface area contributed by atoms with Crippen LogP contribution >= 0.6 is 0 Å². The molecule has 0 fully saturated rings. The average Bonchev–Trinajstić information content (AvgIpc) is 2.29. The highest BCUT2D eigenvalue weighted by Crippen LogP contribution is 2.30. The molecule has 0 saturated heterocycles. The highest BCUT2D eigenvalue weighted by atomic mass is 16.5. The molecule has 0 saturated carbocycles. The van der Waals surface area contributed by atoms with Crippen LogP contribution in [0.25, 0.3) is 5.57 Å². The lowest BCUT2D eigenvalue weighted by Crippen LogP contribution is -2.06. The van der Waals surface area contributed by atoms with Gasteiger partial charge in [-0.25, -0.2) is 0 Å². The minimum atomic E-state index is 0.598. The second kappa shape index (κ2) is 4.35. The fourth-order valence-electron chi connectivity index (χ4n) is 1.85. The maximum Gasteiger partial charge on any atom is 0.127 e. The molecule has 16 heavy (non-hydrogen) atoms. The van der Waals surface area contributed by atoms with Crippen LogP contribution in [0.15, 0.2) is 42.8 Å². The van der Waals surface area contributed by atoms with E-state index >= 15 is 0 Å². The van der Waals surface area contributed by atoms with E-state index in [1.165, 1.54) is 5.56 Å². The topological polar surface area (TPSA) is 22.1 Å². The van der Waals surface area contributed by atoms with Crippen LogP contribution in [0.1, 0.15) is 23.7 Å². The molecular weight excluding hydrogens is 198 g/mol. The van der Waals surface area contributed by atoms with Gasteiger partial charge in [-0.1, -0.05) is 18.7 Å².